The van der Waals surface area contributed by atoms with Crippen LogP contribution in [0.1, 0.15) is 12.0 Å². The summed E-state index contributed by atoms with van der Waals surface area (Å²) >= 11 is 1.70. The van der Waals surface area contributed by atoms with Crippen LogP contribution in [0.2, 0.25) is 0 Å². The number of hydrogen-bond donors (Lipinski definition) is 1. The Labute approximate surface area is 139 Å². The van der Waals surface area contributed by atoms with Crippen molar-refractivity contribution >= 4 is 27.4 Å². The first-order chi connectivity index (χ1) is 11.3. The van der Waals surface area contributed by atoms with Crippen LogP contribution >= 0.6 is 11.3 Å². The predicted octanol–water partition coefficient (Wildman–Crippen LogP) is 2.86. The molecule has 0 saturated carbocycles. The molecule has 0 bridgehead atoms. The lowest BCUT2D eigenvalue weighted by molar-refractivity contribution is 0.724. The van der Waals surface area contributed by atoms with Crippen molar-refractivity contribution in [3.63, 3.8) is 0 Å². The summed E-state index contributed by atoms with van der Waals surface area (Å²) in [5.41, 5.74) is 2.28. The zero-order chi connectivity index (χ0) is 15.6. The van der Waals surface area contributed by atoms with Crippen LogP contribution in [0, 0.1) is 6.92 Å². The van der Waals surface area contributed by atoms with Gasteiger partial charge in [-0.15, -0.1) is 11.3 Å². The van der Waals surface area contributed by atoms with Crippen LogP contribution in [0.15, 0.2) is 29.9 Å². The fourth-order valence-corrected chi connectivity index (χ4v) is 3.89. The zero-order valence-corrected chi connectivity index (χ0v) is 13.9. The second kappa shape index (κ2) is 6.22. The Kier molecular flexibility index (Phi) is 3.93. The maximum absolute atomic E-state index is 4.94. The average molecular weight is 325 g/mol. The normalized spacial score (nSPS) is 15.8. The van der Waals surface area contributed by atoms with Crippen LogP contribution in [0.25, 0.3) is 21.6 Å². The number of pyridine rings is 1. The molecule has 23 heavy (non-hydrogen) atoms. The van der Waals surface area contributed by atoms with E-state index in [0.29, 0.717) is 0 Å². The van der Waals surface area contributed by atoms with Gasteiger partial charge >= 0.3 is 0 Å². The summed E-state index contributed by atoms with van der Waals surface area (Å²) in [5.74, 6) is 1.86. The standard InChI is InChI=1S/C17H19N5S/c1-12-11-23-17-14(12)16(22-9-2-5-18-8-10-22)20-15(21-17)13-3-6-19-7-4-13/h3-4,6-7,11,18H,2,5,8-10H2,1H3. The molecule has 4 heterocycles. The monoisotopic (exact) mass is 325 g/mol. The largest absolute Gasteiger partial charge is 0.355 e. The molecule has 0 atom stereocenters. The number of anilines is 1. The van der Waals surface area contributed by atoms with Gasteiger partial charge in [-0.2, -0.15) is 0 Å². The first-order valence-corrected chi connectivity index (χ1v) is 8.83. The summed E-state index contributed by atoms with van der Waals surface area (Å²) in [6.07, 6.45) is 4.72. The number of hydrogen-bond acceptors (Lipinski definition) is 6. The Hall–Kier alpha value is -2.05. The number of thiophene rings is 1. The molecule has 0 aliphatic carbocycles. The molecule has 1 N–H and O–H groups in total. The molecule has 1 saturated heterocycles. The fourth-order valence-electron chi connectivity index (χ4n) is 2.98. The van der Waals surface area contributed by atoms with Gasteiger partial charge in [-0.25, -0.2) is 9.97 Å². The maximum Gasteiger partial charge on any atom is 0.163 e. The lowest BCUT2D eigenvalue weighted by Crippen LogP contribution is -2.29. The van der Waals surface area contributed by atoms with E-state index in [2.05, 4.69) is 27.5 Å². The van der Waals surface area contributed by atoms with Crippen LogP contribution < -0.4 is 10.2 Å². The minimum absolute atomic E-state index is 0.786. The third-order valence-electron chi connectivity index (χ3n) is 4.18. The van der Waals surface area contributed by atoms with Crippen molar-refractivity contribution in [1.82, 2.24) is 20.3 Å². The molecule has 1 aliphatic heterocycles. The molecular weight excluding hydrogens is 306 g/mol. The summed E-state index contributed by atoms with van der Waals surface area (Å²) in [6.45, 7) is 6.24. The Morgan fingerprint density at radius 1 is 1.13 bits per heavy atom. The summed E-state index contributed by atoms with van der Waals surface area (Å²) in [5, 5.41) is 6.84. The number of aryl methyl sites for hydroxylation is 1. The third kappa shape index (κ3) is 2.80. The van der Waals surface area contributed by atoms with Crippen molar-refractivity contribution in [3.8, 4) is 11.4 Å². The van der Waals surface area contributed by atoms with Gasteiger partial charge in [0.15, 0.2) is 5.82 Å². The molecular formula is C17H19N5S. The van der Waals surface area contributed by atoms with Crippen molar-refractivity contribution in [2.75, 3.05) is 31.1 Å². The molecule has 4 rings (SSSR count). The van der Waals surface area contributed by atoms with Gasteiger partial charge in [0, 0.05) is 37.6 Å². The topological polar surface area (TPSA) is 53.9 Å². The van der Waals surface area contributed by atoms with Gasteiger partial charge < -0.3 is 10.2 Å². The van der Waals surface area contributed by atoms with Gasteiger partial charge in [0.1, 0.15) is 10.6 Å². The minimum atomic E-state index is 0.786. The van der Waals surface area contributed by atoms with Crippen molar-refractivity contribution in [3.05, 3.63) is 35.5 Å². The highest BCUT2D eigenvalue weighted by Gasteiger charge is 2.19. The predicted molar refractivity (Wildman–Crippen MR) is 95.1 cm³/mol. The second-order valence-electron chi connectivity index (χ2n) is 5.80. The zero-order valence-electron chi connectivity index (χ0n) is 13.1. The van der Waals surface area contributed by atoms with Crippen LogP contribution in [-0.4, -0.2) is 41.1 Å². The molecule has 0 spiro atoms. The Morgan fingerprint density at radius 3 is 2.87 bits per heavy atom. The number of rotatable bonds is 2. The highest BCUT2D eigenvalue weighted by molar-refractivity contribution is 7.17. The number of nitrogens with zero attached hydrogens (tertiary/aromatic N) is 4. The summed E-state index contributed by atoms with van der Waals surface area (Å²) in [7, 11) is 0. The SMILES string of the molecule is Cc1csc2nc(-c3ccncc3)nc(N3CCCNCC3)c12. The second-order valence-corrected chi connectivity index (χ2v) is 6.65. The van der Waals surface area contributed by atoms with E-state index in [-0.39, 0.29) is 0 Å². The van der Waals surface area contributed by atoms with E-state index in [4.69, 9.17) is 9.97 Å². The van der Waals surface area contributed by atoms with Crippen LogP contribution in [-0.2, 0) is 0 Å². The van der Waals surface area contributed by atoms with Crippen LogP contribution in [0.5, 0.6) is 0 Å². The molecule has 118 valence electrons. The highest BCUT2D eigenvalue weighted by Crippen LogP contribution is 2.33. The smallest absolute Gasteiger partial charge is 0.163 e. The van der Waals surface area contributed by atoms with Gasteiger partial charge in [0.2, 0.25) is 0 Å². The summed E-state index contributed by atoms with van der Waals surface area (Å²) < 4.78 is 0. The number of fused-ring (bicyclic) bond motifs is 1. The van der Waals surface area contributed by atoms with Gasteiger partial charge in [-0.3, -0.25) is 4.98 Å². The molecule has 0 amide bonds. The van der Waals surface area contributed by atoms with E-state index in [1.54, 1.807) is 23.7 Å². The van der Waals surface area contributed by atoms with E-state index in [0.717, 1.165) is 54.6 Å². The van der Waals surface area contributed by atoms with Crippen LogP contribution in [0.3, 0.4) is 0 Å². The molecule has 0 radical (unpaired) electrons. The molecule has 3 aromatic heterocycles. The number of aromatic nitrogens is 3. The van der Waals surface area contributed by atoms with Gasteiger partial charge in [-0.1, -0.05) is 0 Å². The van der Waals surface area contributed by atoms with E-state index < -0.39 is 0 Å². The lowest BCUT2D eigenvalue weighted by atomic mass is 10.2. The van der Waals surface area contributed by atoms with Crippen molar-refractivity contribution in [1.29, 1.82) is 0 Å². The van der Waals surface area contributed by atoms with Crippen molar-refractivity contribution < 1.29 is 0 Å². The minimum Gasteiger partial charge on any atom is -0.355 e. The molecule has 1 aliphatic rings. The molecule has 6 heteroatoms. The van der Waals surface area contributed by atoms with Gasteiger partial charge in [0.25, 0.3) is 0 Å². The highest BCUT2D eigenvalue weighted by atomic mass is 32.1. The summed E-state index contributed by atoms with van der Waals surface area (Å²) in [4.78, 5) is 17.3. The van der Waals surface area contributed by atoms with E-state index in [1.165, 1.54) is 10.9 Å². The Balaban J connectivity index is 1.88. The maximum atomic E-state index is 4.94. The van der Waals surface area contributed by atoms with Crippen molar-refractivity contribution in [2.24, 2.45) is 0 Å². The fraction of sp³-hybridized carbons (Fsp3) is 0.353. The molecule has 5 nitrogen and oxygen atoms in total. The molecule has 3 aromatic rings. The average Bonchev–Trinajstić information content (AvgIpc) is 2.81. The quantitative estimate of drug-likeness (QED) is 0.785. The molecule has 0 aromatic carbocycles. The van der Waals surface area contributed by atoms with Gasteiger partial charge in [-0.05, 0) is 43.0 Å². The molecule has 0 unspecified atom stereocenters. The van der Waals surface area contributed by atoms with E-state index >= 15 is 0 Å². The summed E-state index contributed by atoms with van der Waals surface area (Å²) in [6, 6.07) is 3.94. The number of nitrogens with one attached hydrogen (secondary N) is 1. The van der Waals surface area contributed by atoms with E-state index in [9.17, 15) is 0 Å². The lowest BCUT2D eigenvalue weighted by Gasteiger charge is -2.22. The molecule has 1 fully saturated rings. The first-order valence-electron chi connectivity index (χ1n) is 7.95. The van der Waals surface area contributed by atoms with Crippen molar-refractivity contribution in [2.45, 2.75) is 13.3 Å². The Bertz CT molecular complexity index is 806. The Morgan fingerprint density at radius 2 is 2.00 bits per heavy atom. The van der Waals surface area contributed by atoms with E-state index in [1.807, 2.05) is 12.1 Å². The van der Waals surface area contributed by atoms with Gasteiger partial charge in [0.05, 0.1) is 5.39 Å². The third-order valence-corrected chi connectivity index (χ3v) is 5.17. The first kappa shape index (κ1) is 14.5. The van der Waals surface area contributed by atoms with Crippen LogP contribution in [0.4, 0.5) is 5.82 Å².